The number of carbonyl (C=O) groups excluding carboxylic acids is 3. The molecule has 0 aromatic carbocycles. The summed E-state index contributed by atoms with van der Waals surface area (Å²) in [5.74, 6) is 0.943. The van der Waals surface area contributed by atoms with Crippen LogP contribution in [0.2, 0.25) is 0 Å². The Bertz CT molecular complexity index is 540. The van der Waals surface area contributed by atoms with E-state index in [9.17, 15) is 14.4 Å². The van der Waals surface area contributed by atoms with Crippen LogP contribution in [-0.4, -0.2) is 155 Å². The summed E-state index contributed by atoms with van der Waals surface area (Å²) in [4.78, 5) is 44.0. The van der Waals surface area contributed by atoms with Gasteiger partial charge in [-0.2, -0.15) is 37.9 Å². The molecule has 0 aromatic rings. The molecule has 0 unspecified atom stereocenters. The molecule has 0 amide bonds. The highest BCUT2D eigenvalue weighted by Crippen LogP contribution is 1.99. The second kappa shape index (κ2) is 24.3. The maximum Gasteiger partial charge on any atom is 0.307 e. The van der Waals surface area contributed by atoms with Crippen molar-refractivity contribution in [2.24, 2.45) is 0 Å². The third kappa shape index (κ3) is 22.9. The van der Waals surface area contributed by atoms with Crippen LogP contribution in [0.3, 0.4) is 0 Å². The molecule has 10 nitrogen and oxygen atoms in total. The second-order valence-corrected chi connectivity index (χ2v) is 10.2. The molecule has 0 fully saturated rings. The maximum absolute atomic E-state index is 11.8. The van der Waals surface area contributed by atoms with Crippen molar-refractivity contribution in [1.29, 1.82) is 0 Å². The van der Waals surface area contributed by atoms with Gasteiger partial charge in [0, 0.05) is 76.2 Å². The van der Waals surface area contributed by atoms with E-state index >= 15 is 0 Å². The number of rotatable bonds is 24. The van der Waals surface area contributed by atoms with Gasteiger partial charge >= 0.3 is 17.9 Å². The molecule has 0 rings (SSSR count). The summed E-state index contributed by atoms with van der Waals surface area (Å²) in [7, 11) is 5.99. The monoisotopic (exact) mass is 584 g/mol. The Kier molecular flexibility index (Phi) is 23.9. The molecular formula is C24H48N4O6S3. The molecule has 0 saturated carbocycles. The van der Waals surface area contributed by atoms with Crippen molar-refractivity contribution in [3.63, 3.8) is 0 Å². The van der Waals surface area contributed by atoms with Crippen LogP contribution in [0, 0.1) is 0 Å². The Labute approximate surface area is 239 Å². The summed E-state index contributed by atoms with van der Waals surface area (Å²) in [5.41, 5.74) is 0. The highest BCUT2D eigenvalue weighted by Gasteiger charge is 2.13. The molecule has 0 spiro atoms. The number of hydrogen-bond acceptors (Lipinski definition) is 13. The smallest absolute Gasteiger partial charge is 0.307 e. The van der Waals surface area contributed by atoms with E-state index in [0.717, 1.165) is 39.3 Å². The van der Waals surface area contributed by atoms with E-state index in [1.165, 1.54) is 0 Å². The third-order valence-electron chi connectivity index (χ3n) is 5.55. The molecular weight excluding hydrogens is 536 g/mol. The van der Waals surface area contributed by atoms with E-state index in [1.54, 1.807) is 0 Å². The van der Waals surface area contributed by atoms with Gasteiger partial charge in [0.15, 0.2) is 0 Å². The first-order valence-electron chi connectivity index (χ1n) is 12.8. The number of esters is 3. The first-order valence-corrected chi connectivity index (χ1v) is 14.7. The van der Waals surface area contributed by atoms with Crippen molar-refractivity contribution in [2.75, 3.05) is 117 Å². The topological polar surface area (TPSA) is 91.9 Å². The molecule has 0 heterocycles. The highest BCUT2D eigenvalue weighted by molar-refractivity contribution is 7.80. The molecule has 0 aliphatic carbocycles. The van der Waals surface area contributed by atoms with E-state index in [2.05, 4.69) is 57.5 Å². The van der Waals surface area contributed by atoms with Crippen molar-refractivity contribution in [2.45, 2.75) is 19.3 Å². The zero-order valence-electron chi connectivity index (χ0n) is 22.8. The van der Waals surface area contributed by atoms with Gasteiger partial charge in [0.25, 0.3) is 0 Å². The van der Waals surface area contributed by atoms with Gasteiger partial charge in [-0.1, -0.05) is 0 Å². The van der Waals surface area contributed by atoms with Gasteiger partial charge in [0.1, 0.15) is 19.8 Å². The lowest BCUT2D eigenvalue weighted by Crippen LogP contribution is -2.42. The average Bonchev–Trinajstić information content (AvgIpc) is 2.89. The summed E-state index contributed by atoms with van der Waals surface area (Å²) >= 11 is 12.2. The van der Waals surface area contributed by atoms with E-state index < -0.39 is 0 Å². The molecule has 0 N–H and O–H groups in total. The maximum atomic E-state index is 11.8. The van der Waals surface area contributed by atoms with Gasteiger partial charge < -0.3 is 28.9 Å². The number of likely N-dealkylation sites (N-methyl/N-ethyl adjacent to an activating group) is 3. The highest BCUT2D eigenvalue weighted by atomic mass is 32.1. The number of thiol groups is 3. The van der Waals surface area contributed by atoms with E-state index in [0.29, 0.717) is 76.0 Å². The van der Waals surface area contributed by atoms with Gasteiger partial charge in [0.05, 0.1) is 19.3 Å². The Balaban J connectivity index is 4.61. The van der Waals surface area contributed by atoms with Crippen molar-refractivity contribution in [3.8, 4) is 0 Å². The van der Waals surface area contributed by atoms with Gasteiger partial charge in [0.2, 0.25) is 0 Å². The minimum atomic E-state index is -0.207. The van der Waals surface area contributed by atoms with E-state index in [4.69, 9.17) is 14.2 Å². The minimum absolute atomic E-state index is 0.207. The van der Waals surface area contributed by atoms with Crippen LogP contribution >= 0.6 is 37.9 Å². The molecule has 218 valence electrons. The van der Waals surface area contributed by atoms with Crippen molar-refractivity contribution < 1.29 is 28.6 Å². The zero-order chi connectivity index (χ0) is 27.9. The zero-order valence-corrected chi connectivity index (χ0v) is 25.5. The van der Waals surface area contributed by atoms with Crippen LogP contribution in [-0.2, 0) is 28.6 Å². The molecule has 0 aromatic heterocycles. The summed E-state index contributed by atoms with van der Waals surface area (Å²) in [5, 5.41) is 0. The first kappa shape index (κ1) is 36.3. The predicted octanol–water partition coefficient (Wildman–Crippen LogP) is 0.673. The Morgan fingerprint density at radius 2 is 0.757 bits per heavy atom. The number of carbonyl (C=O) groups is 3. The lowest BCUT2D eigenvalue weighted by molar-refractivity contribution is -0.144. The summed E-state index contributed by atoms with van der Waals surface area (Å²) in [6, 6.07) is 0. The van der Waals surface area contributed by atoms with Crippen LogP contribution in [0.4, 0.5) is 0 Å². The number of nitrogens with zero attached hydrogens (tertiary/aromatic N) is 4. The summed E-state index contributed by atoms with van der Waals surface area (Å²) in [6.45, 7) is 7.79. The first-order chi connectivity index (χ1) is 17.7. The predicted molar refractivity (Wildman–Crippen MR) is 157 cm³/mol. The molecule has 0 atom stereocenters. The number of hydrogen-bond donors (Lipinski definition) is 3. The lowest BCUT2D eigenvalue weighted by Gasteiger charge is -2.29. The van der Waals surface area contributed by atoms with Crippen molar-refractivity contribution in [3.05, 3.63) is 0 Å². The Morgan fingerprint density at radius 1 is 0.486 bits per heavy atom. The van der Waals surface area contributed by atoms with E-state index in [1.807, 2.05) is 21.1 Å². The van der Waals surface area contributed by atoms with Gasteiger partial charge in [-0.3, -0.25) is 19.3 Å². The van der Waals surface area contributed by atoms with Crippen molar-refractivity contribution in [1.82, 2.24) is 19.6 Å². The normalized spacial score (nSPS) is 11.5. The minimum Gasteiger partial charge on any atom is -0.465 e. The molecule has 0 aliphatic rings. The van der Waals surface area contributed by atoms with Crippen LogP contribution in [0.25, 0.3) is 0 Å². The quantitative estimate of drug-likeness (QED) is 0.0855. The fraction of sp³-hybridized carbons (Fsp3) is 0.875. The molecule has 13 heteroatoms. The number of ether oxygens (including phenoxy) is 3. The molecule has 0 saturated heterocycles. The Hall–Kier alpha value is -0.700. The largest absolute Gasteiger partial charge is 0.465 e. The fourth-order valence-corrected chi connectivity index (χ4v) is 3.42. The fourth-order valence-electron chi connectivity index (χ4n) is 3.15. The average molecular weight is 585 g/mol. The van der Waals surface area contributed by atoms with Gasteiger partial charge in [-0.15, -0.1) is 0 Å². The van der Waals surface area contributed by atoms with E-state index in [-0.39, 0.29) is 17.9 Å². The standard InChI is InChI=1S/C24H48N4O6S3/c1-25(7-4-22(29)32-16-19-35)10-13-28(14-11-26(2)8-5-23(30)33-17-20-36)15-12-27(3)9-6-24(31)34-18-21-37/h35-37H,4-21H2,1-3H3. The third-order valence-corrected chi connectivity index (χ3v) is 6.10. The SMILES string of the molecule is CN(CCC(=O)OCCS)CCN(CCN(C)CCC(=O)OCCS)CCN(C)CCC(=O)OCCS. The summed E-state index contributed by atoms with van der Waals surface area (Å²) in [6.07, 6.45) is 1.05. The van der Waals surface area contributed by atoms with Gasteiger partial charge in [-0.05, 0) is 21.1 Å². The van der Waals surface area contributed by atoms with Crippen LogP contribution in [0.5, 0.6) is 0 Å². The molecule has 0 aliphatic heterocycles. The van der Waals surface area contributed by atoms with Crippen molar-refractivity contribution >= 4 is 55.8 Å². The molecule has 37 heavy (non-hydrogen) atoms. The van der Waals surface area contributed by atoms with Crippen LogP contribution in [0.15, 0.2) is 0 Å². The molecule has 0 radical (unpaired) electrons. The second-order valence-electron chi connectivity index (χ2n) is 8.83. The molecule has 0 bridgehead atoms. The lowest BCUT2D eigenvalue weighted by atomic mass is 10.3. The Morgan fingerprint density at radius 3 is 1.00 bits per heavy atom. The van der Waals surface area contributed by atoms with Crippen LogP contribution in [0.1, 0.15) is 19.3 Å². The summed E-state index contributed by atoms with van der Waals surface area (Å²) < 4.78 is 15.2. The van der Waals surface area contributed by atoms with Gasteiger partial charge in [-0.25, -0.2) is 0 Å². The van der Waals surface area contributed by atoms with Crippen LogP contribution < -0.4 is 0 Å².